The molecule has 0 aliphatic rings. The van der Waals surface area contributed by atoms with Crippen LogP contribution in [0.15, 0.2) is 0 Å². The molecule has 0 heterocycles. The van der Waals surface area contributed by atoms with Crippen molar-refractivity contribution in [2.24, 2.45) is 11.8 Å². The van der Waals surface area contributed by atoms with Crippen LogP contribution in [0.2, 0.25) is 0 Å². The highest BCUT2D eigenvalue weighted by atomic mass is 16.6. The summed E-state index contributed by atoms with van der Waals surface area (Å²) in [4.78, 5) is 37.9. The molecule has 61 heavy (non-hydrogen) atoms. The molecule has 0 unspecified atom stereocenters. The van der Waals surface area contributed by atoms with E-state index >= 15 is 0 Å². The van der Waals surface area contributed by atoms with Crippen molar-refractivity contribution in [2.45, 2.75) is 310 Å². The minimum atomic E-state index is -0.762. The first-order valence-electron chi connectivity index (χ1n) is 27.2. The third kappa shape index (κ3) is 49.3. The quantitative estimate of drug-likeness (QED) is 0.0344. The number of unbranched alkanes of at least 4 members (excludes halogenated alkanes) is 34. The molecule has 0 aromatic rings. The van der Waals surface area contributed by atoms with E-state index in [0.29, 0.717) is 19.3 Å². The summed E-state index contributed by atoms with van der Waals surface area (Å²) in [6.45, 7) is 11.3. The van der Waals surface area contributed by atoms with E-state index in [1.807, 2.05) is 0 Å². The maximum Gasteiger partial charge on any atom is 0.306 e. The average molecular weight is 863 g/mol. The van der Waals surface area contributed by atoms with Gasteiger partial charge in [-0.25, -0.2) is 0 Å². The smallest absolute Gasteiger partial charge is 0.306 e. The van der Waals surface area contributed by atoms with Crippen molar-refractivity contribution >= 4 is 17.9 Å². The number of ether oxygens (including phenoxy) is 3. The number of hydrogen-bond donors (Lipinski definition) is 0. The lowest BCUT2D eigenvalue weighted by Crippen LogP contribution is -2.30. The summed E-state index contributed by atoms with van der Waals surface area (Å²) in [6, 6.07) is 0. The Morgan fingerprint density at radius 1 is 0.311 bits per heavy atom. The van der Waals surface area contributed by atoms with E-state index in [-0.39, 0.29) is 31.1 Å². The maximum atomic E-state index is 12.7. The summed E-state index contributed by atoms with van der Waals surface area (Å²) in [7, 11) is 0. The molecule has 362 valence electrons. The molecule has 1 atom stereocenters. The number of carbonyl (C=O) groups excluding carboxylic acids is 3. The number of esters is 3. The van der Waals surface area contributed by atoms with Crippen LogP contribution in [0.1, 0.15) is 304 Å². The Morgan fingerprint density at radius 2 is 0.541 bits per heavy atom. The van der Waals surface area contributed by atoms with Crippen molar-refractivity contribution < 1.29 is 28.6 Å². The van der Waals surface area contributed by atoms with E-state index in [9.17, 15) is 14.4 Å². The van der Waals surface area contributed by atoms with Crippen LogP contribution in [0, 0.1) is 11.8 Å². The standard InChI is InChI=1S/C55H106O6/c1-6-7-8-9-10-11-12-13-14-15-16-20-23-26-29-35-40-45-53(56)59-48-52(61-55(58)47-42-37-32-31-34-39-44-51(4)5)49-60-54(57)46-41-36-30-27-24-21-18-17-19-22-25-28-33-38-43-50(2)3/h50-52H,6-49H2,1-5H3/t52-/m1/s1. The zero-order chi connectivity index (χ0) is 44.7. The van der Waals surface area contributed by atoms with Gasteiger partial charge in [0.05, 0.1) is 0 Å². The van der Waals surface area contributed by atoms with Gasteiger partial charge in [-0.2, -0.15) is 0 Å². The van der Waals surface area contributed by atoms with Crippen LogP contribution in [0.3, 0.4) is 0 Å². The monoisotopic (exact) mass is 863 g/mol. The molecular formula is C55H106O6. The minimum Gasteiger partial charge on any atom is -0.462 e. The van der Waals surface area contributed by atoms with Crippen LogP contribution < -0.4 is 0 Å². The van der Waals surface area contributed by atoms with Gasteiger partial charge >= 0.3 is 17.9 Å². The summed E-state index contributed by atoms with van der Waals surface area (Å²) >= 11 is 0. The maximum absolute atomic E-state index is 12.7. The van der Waals surface area contributed by atoms with Crippen molar-refractivity contribution in [2.75, 3.05) is 13.2 Å². The van der Waals surface area contributed by atoms with Gasteiger partial charge in [0.1, 0.15) is 13.2 Å². The Hall–Kier alpha value is -1.59. The highest BCUT2D eigenvalue weighted by molar-refractivity contribution is 5.71. The summed E-state index contributed by atoms with van der Waals surface area (Å²) < 4.78 is 16.8. The Balaban J connectivity index is 4.21. The Morgan fingerprint density at radius 3 is 0.803 bits per heavy atom. The van der Waals surface area contributed by atoms with Crippen LogP contribution >= 0.6 is 0 Å². The molecule has 0 aromatic heterocycles. The Labute approximate surface area is 380 Å². The topological polar surface area (TPSA) is 78.9 Å². The van der Waals surface area contributed by atoms with Crippen LogP contribution in [0.5, 0.6) is 0 Å². The summed E-state index contributed by atoms with van der Waals surface area (Å²) in [5, 5.41) is 0. The lowest BCUT2D eigenvalue weighted by atomic mass is 10.0. The van der Waals surface area contributed by atoms with Crippen molar-refractivity contribution in [3.63, 3.8) is 0 Å². The van der Waals surface area contributed by atoms with E-state index < -0.39 is 6.10 Å². The predicted octanol–water partition coefficient (Wildman–Crippen LogP) is 17.7. The molecule has 6 nitrogen and oxygen atoms in total. The summed E-state index contributed by atoms with van der Waals surface area (Å²) in [5.74, 6) is 0.754. The van der Waals surface area contributed by atoms with Gasteiger partial charge in [0.15, 0.2) is 6.10 Å². The molecule has 0 saturated heterocycles. The molecule has 0 amide bonds. The number of rotatable bonds is 49. The van der Waals surface area contributed by atoms with Gasteiger partial charge < -0.3 is 14.2 Å². The predicted molar refractivity (Wildman–Crippen MR) is 261 cm³/mol. The van der Waals surface area contributed by atoms with Crippen molar-refractivity contribution in [1.29, 1.82) is 0 Å². The third-order valence-corrected chi connectivity index (χ3v) is 12.5. The lowest BCUT2D eigenvalue weighted by molar-refractivity contribution is -0.167. The molecule has 0 rings (SSSR count). The fourth-order valence-corrected chi connectivity index (χ4v) is 8.34. The van der Waals surface area contributed by atoms with E-state index in [2.05, 4.69) is 34.6 Å². The Kier molecular flexibility index (Phi) is 46.6. The second-order valence-corrected chi connectivity index (χ2v) is 19.8. The van der Waals surface area contributed by atoms with Crippen molar-refractivity contribution in [3.8, 4) is 0 Å². The van der Waals surface area contributed by atoms with E-state index in [0.717, 1.165) is 69.6 Å². The molecule has 0 radical (unpaired) electrons. The molecule has 0 aromatic carbocycles. The fourth-order valence-electron chi connectivity index (χ4n) is 8.34. The molecule has 0 aliphatic heterocycles. The zero-order valence-corrected chi connectivity index (χ0v) is 41.8. The molecule has 0 spiro atoms. The van der Waals surface area contributed by atoms with E-state index in [4.69, 9.17) is 14.2 Å². The van der Waals surface area contributed by atoms with Gasteiger partial charge in [-0.15, -0.1) is 0 Å². The van der Waals surface area contributed by atoms with Crippen LogP contribution in [0.25, 0.3) is 0 Å². The highest BCUT2D eigenvalue weighted by Crippen LogP contribution is 2.18. The SMILES string of the molecule is CCCCCCCCCCCCCCCCCCCC(=O)OC[C@H](COC(=O)CCCCCCCCCCCCCCCCC(C)C)OC(=O)CCCCCCCCC(C)C. The van der Waals surface area contributed by atoms with Crippen LogP contribution in [-0.4, -0.2) is 37.2 Å². The fraction of sp³-hybridized carbons (Fsp3) is 0.945. The van der Waals surface area contributed by atoms with Gasteiger partial charge in [0.25, 0.3) is 0 Å². The first-order chi connectivity index (χ1) is 29.7. The second-order valence-electron chi connectivity index (χ2n) is 19.8. The Bertz CT molecular complexity index is 931. The number of hydrogen-bond acceptors (Lipinski definition) is 6. The number of carbonyl (C=O) groups is 3. The first-order valence-corrected chi connectivity index (χ1v) is 27.2. The largest absolute Gasteiger partial charge is 0.462 e. The molecule has 0 saturated carbocycles. The van der Waals surface area contributed by atoms with Gasteiger partial charge in [-0.1, -0.05) is 266 Å². The first kappa shape index (κ1) is 59.4. The highest BCUT2D eigenvalue weighted by Gasteiger charge is 2.19. The van der Waals surface area contributed by atoms with Crippen LogP contribution in [0.4, 0.5) is 0 Å². The molecule has 0 N–H and O–H groups in total. The van der Waals surface area contributed by atoms with Gasteiger partial charge in [0.2, 0.25) is 0 Å². The normalized spacial score (nSPS) is 12.0. The van der Waals surface area contributed by atoms with Crippen molar-refractivity contribution in [1.82, 2.24) is 0 Å². The van der Waals surface area contributed by atoms with Crippen LogP contribution in [-0.2, 0) is 28.6 Å². The van der Waals surface area contributed by atoms with Gasteiger partial charge in [-0.3, -0.25) is 14.4 Å². The third-order valence-electron chi connectivity index (χ3n) is 12.5. The van der Waals surface area contributed by atoms with E-state index in [1.165, 1.54) is 193 Å². The average Bonchev–Trinajstić information content (AvgIpc) is 3.23. The molecule has 6 heteroatoms. The minimum absolute atomic E-state index is 0.0644. The summed E-state index contributed by atoms with van der Waals surface area (Å²) in [5.41, 5.74) is 0. The summed E-state index contributed by atoms with van der Waals surface area (Å²) in [6.07, 6.45) is 49.7. The molecule has 0 aliphatic carbocycles. The molecule has 0 fully saturated rings. The lowest BCUT2D eigenvalue weighted by Gasteiger charge is -2.18. The zero-order valence-electron chi connectivity index (χ0n) is 41.8. The van der Waals surface area contributed by atoms with Gasteiger partial charge in [0, 0.05) is 19.3 Å². The van der Waals surface area contributed by atoms with Gasteiger partial charge in [-0.05, 0) is 31.1 Å². The second kappa shape index (κ2) is 47.9. The van der Waals surface area contributed by atoms with Crippen molar-refractivity contribution in [3.05, 3.63) is 0 Å². The van der Waals surface area contributed by atoms with E-state index in [1.54, 1.807) is 0 Å². The molecular weight excluding hydrogens is 757 g/mol. The molecule has 0 bridgehead atoms.